The molecule has 0 bridgehead atoms. The number of carboxylic acids is 1. The Morgan fingerprint density at radius 3 is 2.64 bits per heavy atom. The first-order chi connectivity index (χ1) is 6.50. The summed E-state index contributed by atoms with van der Waals surface area (Å²) < 4.78 is 5.55. The molecule has 0 aromatic heterocycles. The Morgan fingerprint density at radius 2 is 2.14 bits per heavy atom. The van der Waals surface area contributed by atoms with Crippen molar-refractivity contribution >= 4 is 5.97 Å². The molecule has 0 aliphatic carbocycles. The topological polar surface area (TPSA) is 66.8 Å². The number of aliphatic hydroxyl groups excluding tert-OH is 1. The molecule has 1 aliphatic heterocycles. The molecule has 14 heavy (non-hydrogen) atoms. The molecule has 0 saturated carbocycles. The van der Waals surface area contributed by atoms with Gasteiger partial charge >= 0.3 is 5.97 Å². The van der Waals surface area contributed by atoms with Gasteiger partial charge in [-0.2, -0.15) is 0 Å². The normalized spacial score (nSPS) is 31.4. The Bertz CT molecular complexity index is 202. The minimum absolute atomic E-state index is 0.0294. The number of rotatable bonds is 4. The van der Waals surface area contributed by atoms with E-state index in [1.54, 1.807) is 13.8 Å². The van der Waals surface area contributed by atoms with Gasteiger partial charge in [-0.05, 0) is 33.1 Å². The summed E-state index contributed by atoms with van der Waals surface area (Å²) in [5.41, 5.74) is 0. The van der Waals surface area contributed by atoms with Crippen LogP contribution in [0.5, 0.6) is 0 Å². The van der Waals surface area contributed by atoms with E-state index in [0.717, 1.165) is 12.8 Å². The van der Waals surface area contributed by atoms with Gasteiger partial charge in [-0.3, -0.25) is 4.79 Å². The monoisotopic (exact) mass is 202 g/mol. The second-order valence-corrected chi connectivity index (χ2v) is 4.09. The van der Waals surface area contributed by atoms with Crippen LogP contribution in [0.3, 0.4) is 0 Å². The predicted octanol–water partition coefficient (Wildman–Crippen LogP) is 1.03. The van der Waals surface area contributed by atoms with Gasteiger partial charge in [0.2, 0.25) is 0 Å². The molecule has 1 heterocycles. The molecule has 4 heteroatoms. The quantitative estimate of drug-likeness (QED) is 0.714. The molecule has 1 saturated heterocycles. The molecule has 0 unspecified atom stereocenters. The summed E-state index contributed by atoms with van der Waals surface area (Å²) in [6.45, 7) is 3.38. The van der Waals surface area contributed by atoms with Crippen molar-refractivity contribution in [3.63, 3.8) is 0 Å². The second kappa shape index (κ2) is 4.75. The number of hydrogen-bond donors (Lipinski definition) is 2. The van der Waals surface area contributed by atoms with Crippen molar-refractivity contribution in [1.29, 1.82) is 0 Å². The summed E-state index contributed by atoms with van der Waals surface area (Å²) in [6, 6.07) is 0. The molecule has 1 rings (SSSR count). The van der Waals surface area contributed by atoms with Gasteiger partial charge < -0.3 is 14.9 Å². The fraction of sp³-hybridized carbons (Fsp3) is 0.900. The van der Waals surface area contributed by atoms with E-state index in [2.05, 4.69) is 0 Å². The van der Waals surface area contributed by atoms with E-state index in [-0.39, 0.29) is 18.3 Å². The SMILES string of the molecule is C[C@@H](O)C[C@@H]1CC[C@@H]([C@@H](C)C(=O)O)O1. The average Bonchev–Trinajstić information content (AvgIpc) is 2.50. The minimum Gasteiger partial charge on any atom is -0.481 e. The number of ether oxygens (including phenoxy) is 1. The highest BCUT2D eigenvalue weighted by molar-refractivity contribution is 5.70. The van der Waals surface area contributed by atoms with Gasteiger partial charge in [-0.15, -0.1) is 0 Å². The number of carboxylic acid groups (broad SMARTS) is 1. The molecule has 0 spiro atoms. The standard InChI is InChI=1S/C10H18O4/c1-6(11)5-8-3-4-9(14-8)7(2)10(12)13/h6-9,11H,3-5H2,1-2H3,(H,12,13)/t6-,7-,8+,9+/m1/s1. The van der Waals surface area contributed by atoms with Crippen LogP contribution >= 0.6 is 0 Å². The summed E-state index contributed by atoms with van der Waals surface area (Å²) in [6.07, 6.45) is 1.71. The lowest BCUT2D eigenvalue weighted by Gasteiger charge is -2.17. The lowest BCUT2D eigenvalue weighted by Crippen LogP contribution is -2.26. The molecule has 0 aromatic carbocycles. The maximum Gasteiger partial charge on any atom is 0.308 e. The summed E-state index contributed by atoms with van der Waals surface area (Å²) >= 11 is 0. The van der Waals surface area contributed by atoms with Gasteiger partial charge in [0.05, 0.1) is 24.2 Å². The number of carbonyl (C=O) groups is 1. The lowest BCUT2D eigenvalue weighted by atomic mass is 10.0. The Morgan fingerprint density at radius 1 is 1.50 bits per heavy atom. The van der Waals surface area contributed by atoms with Crippen molar-refractivity contribution in [2.24, 2.45) is 5.92 Å². The molecule has 82 valence electrons. The van der Waals surface area contributed by atoms with E-state index in [1.165, 1.54) is 0 Å². The summed E-state index contributed by atoms with van der Waals surface area (Å²) in [5, 5.41) is 17.9. The lowest BCUT2D eigenvalue weighted by molar-refractivity contribution is -0.146. The highest BCUT2D eigenvalue weighted by atomic mass is 16.5. The summed E-state index contributed by atoms with van der Waals surface area (Å²) in [5.74, 6) is -1.26. The van der Waals surface area contributed by atoms with Gasteiger partial charge in [0, 0.05) is 0 Å². The largest absolute Gasteiger partial charge is 0.481 e. The van der Waals surface area contributed by atoms with Crippen LogP contribution in [0.25, 0.3) is 0 Å². The number of aliphatic carboxylic acids is 1. The first-order valence-electron chi connectivity index (χ1n) is 5.07. The van der Waals surface area contributed by atoms with Crippen LogP contribution in [-0.2, 0) is 9.53 Å². The van der Waals surface area contributed by atoms with Crippen LogP contribution in [0.1, 0.15) is 33.1 Å². The Hall–Kier alpha value is -0.610. The summed E-state index contributed by atoms with van der Waals surface area (Å²) in [7, 11) is 0. The predicted molar refractivity (Wildman–Crippen MR) is 51.0 cm³/mol. The van der Waals surface area contributed by atoms with E-state index in [0.29, 0.717) is 6.42 Å². The smallest absolute Gasteiger partial charge is 0.308 e. The number of hydrogen-bond acceptors (Lipinski definition) is 3. The zero-order valence-corrected chi connectivity index (χ0v) is 8.64. The first-order valence-corrected chi connectivity index (χ1v) is 5.07. The fourth-order valence-corrected chi connectivity index (χ4v) is 1.81. The fourth-order valence-electron chi connectivity index (χ4n) is 1.81. The maximum absolute atomic E-state index is 10.7. The van der Waals surface area contributed by atoms with Crippen molar-refractivity contribution in [2.75, 3.05) is 0 Å². The van der Waals surface area contributed by atoms with E-state index < -0.39 is 11.9 Å². The molecule has 2 N–H and O–H groups in total. The maximum atomic E-state index is 10.7. The minimum atomic E-state index is -0.812. The molecular weight excluding hydrogens is 184 g/mol. The van der Waals surface area contributed by atoms with Gasteiger partial charge in [0.15, 0.2) is 0 Å². The van der Waals surface area contributed by atoms with Crippen molar-refractivity contribution in [2.45, 2.75) is 51.4 Å². The molecule has 4 nitrogen and oxygen atoms in total. The van der Waals surface area contributed by atoms with Crippen molar-refractivity contribution < 1.29 is 19.7 Å². The Kier molecular flexibility index (Phi) is 3.89. The van der Waals surface area contributed by atoms with Crippen molar-refractivity contribution in [3.8, 4) is 0 Å². The zero-order valence-electron chi connectivity index (χ0n) is 8.64. The third-order valence-corrected chi connectivity index (χ3v) is 2.69. The Labute approximate surface area is 83.9 Å². The average molecular weight is 202 g/mol. The molecule has 0 aromatic rings. The summed E-state index contributed by atoms with van der Waals surface area (Å²) in [4.78, 5) is 10.7. The van der Waals surface area contributed by atoms with Gasteiger partial charge in [0.1, 0.15) is 0 Å². The van der Waals surface area contributed by atoms with E-state index in [4.69, 9.17) is 14.9 Å². The molecule has 0 amide bonds. The van der Waals surface area contributed by atoms with Crippen LogP contribution < -0.4 is 0 Å². The van der Waals surface area contributed by atoms with Crippen molar-refractivity contribution in [3.05, 3.63) is 0 Å². The van der Waals surface area contributed by atoms with Gasteiger partial charge in [-0.25, -0.2) is 0 Å². The van der Waals surface area contributed by atoms with Crippen LogP contribution in [0.2, 0.25) is 0 Å². The van der Waals surface area contributed by atoms with Crippen LogP contribution in [-0.4, -0.2) is 34.5 Å². The molecule has 4 atom stereocenters. The van der Waals surface area contributed by atoms with Gasteiger partial charge in [-0.1, -0.05) is 0 Å². The van der Waals surface area contributed by atoms with Crippen LogP contribution in [0, 0.1) is 5.92 Å². The highest BCUT2D eigenvalue weighted by Crippen LogP contribution is 2.27. The molecular formula is C10H18O4. The van der Waals surface area contributed by atoms with Gasteiger partial charge in [0.25, 0.3) is 0 Å². The second-order valence-electron chi connectivity index (χ2n) is 4.09. The van der Waals surface area contributed by atoms with E-state index in [9.17, 15) is 4.79 Å². The van der Waals surface area contributed by atoms with Crippen LogP contribution in [0.4, 0.5) is 0 Å². The molecule has 1 fully saturated rings. The van der Waals surface area contributed by atoms with E-state index >= 15 is 0 Å². The number of aliphatic hydroxyl groups is 1. The Balaban J connectivity index is 2.37. The zero-order chi connectivity index (χ0) is 10.7. The molecule has 1 aliphatic rings. The van der Waals surface area contributed by atoms with E-state index in [1.807, 2.05) is 0 Å². The molecule has 0 radical (unpaired) electrons. The third-order valence-electron chi connectivity index (χ3n) is 2.69. The highest BCUT2D eigenvalue weighted by Gasteiger charge is 2.33. The van der Waals surface area contributed by atoms with Crippen LogP contribution in [0.15, 0.2) is 0 Å². The van der Waals surface area contributed by atoms with Crippen molar-refractivity contribution in [1.82, 2.24) is 0 Å². The first kappa shape index (κ1) is 11.5. The third kappa shape index (κ3) is 2.96.